The van der Waals surface area contributed by atoms with Crippen LogP contribution in [0, 0.1) is 86.6 Å². The maximum absolute atomic E-state index is 13.5. The minimum absolute atomic E-state index is 0.0945. The van der Waals surface area contributed by atoms with Crippen molar-refractivity contribution >= 4 is 68.0 Å². The van der Waals surface area contributed by atoms with Gasteiger partial charge in [0.05, 0.1) is 97.9 Å². The predicted molar refractivity (Wildman–Crippen MR) is 436 cm³/mol. The van der Waals surface area contributed by atoms with Crippen LogP contribution < -0.4 is 0 Å². The van der Waals surface area contributed by atoms with E-state index in [1.807, 2.05) is 208 Å². The largest absolute Gasteiger partial charge is 0.744 e. The smallest absolute Gasteiger partial charge is 0.317 e. The summed E-state index contributed by atoms with van der Waals surface area (Å²) in [6, 6.07) is 0. The molecule has 0 rings (SSSR count). The molecule has 114 heavy (non-hydrogen) atoms. The van der Waals surface area contributed by atoms with Crippen molar-refractivity contribution in [2.45, 2.75) is 222 Å². The number of ether oxygens (including phenoxy) is 12. The molecule has 676 valence electrons. The second-order valence-corrected chi connectivity index (χ2v) is 43.4. The first-order valence-electron chi connectivity index (χ1n) is 38.4. The fraction of sp³-hybridized carbons (Fsp3) is 0.902. The van der Waals surface area contributed by atoms with Gasteiger partial charge in [-0.1, -0.05) is 138 Å². The first-order valence-corrected chi connectivity index (χ1v) is 41.6. The van der Waals surface area contributed by atoms with Gasteiger partial charge in [0.15, 0.2) is 11.8 Å². The lowest BCUT2D eigenvalue weighted by Crippen LogP contribution is -2.60. The molecule has 0 amide bonds. The third kappa shape index (κ3) is 28.7. The average molecular weight is 1680 g/mol. The van der Waals surface area contributed by atoms with E-state index in [-0.39, 0.29) is 99.4 Å². The van der Waals surface area contributed by atoms with Crippen molar-refractivity contribution in [1.29, 1.82) is 0 Å². The first-order chi connectivity index (χ1) is 50.3. The van der Waals surface area contributed by atoms with E-state index in [2.05, 4.69) is 0 Å². The molecule has 0 aromatic carbocycles. The maximum Gasteiger partial charge on any atom is 0.317 e. The lowest BCUT2D eigenvalue weighted by atomic mass is 9.47. The summed E-state index contributed by atoms with van der Waals surface area (Å²) in [5.41, 5.74) is -13.7. The molecule has 0 heterocycles. The first kappa shape index (κ1) is 116. The molecule has 0 spiro atoms. The van der Waals surface area contributed by atoms with Crippen molar-refractivity contribution < 1.29 is 130 Å². The Hall–Kier alpha value is -4.74. The van der Waals surface area contributed by atoms with Crippen LogP contribution >= 0.6 is 0 Å². The summed E-state index contributed by atoms with van der Waals surface area (Å²) in [4.78, 5) is 108. The molecular weight excluding hydrogens is 1520 g/mol. The zero-order chi connectivity index (χ0) is 92.2. The van der Waals surface area contributed by atoms with E-state index in [4.69, 9.17) is 56.8 Å². The Morgan fingerprint density at radius 3 is 0.614 bits per heavy atom. The SMILES string of the molecule is COCCOC(=O)C(C)(C(C)(C)C)C(C)(C)C(C)(C)C(=O)OCN(C)C.COCCOC(=O)C(C)(C(C)(C)C)C(C)(C)C(C)(C)C(=O)OC[N+](C)(C)CS(=O)(=O)[O-].COCCOC(=O)C(C)(C)C(C)(C)C(C)(C(=O)OCN(C)C)C(C)(C)C.COCCOC(=O)C(C)(C)C(C)(C)C(C)(C(=O)OC[N+](C)(C)CS(=O)(=O)[O-])C(C)(C)C. The summed E-state index contributed by atoms with van der Waals surface area (Å²) in [6.45, 7) is 61.3. The van der Waals surface area contributed by atoms with E-state index in [9.17, 15) is 64.3 Å². The molecule has 0 N–H and O–H groups in total. The molecule has 0 radical (unpaired) electrons. The summed E-state index contributed by atoms with van der Waals surface area (Å²) in [5, 5.41) is 0. The number of carbonyl (C=O) groups excluding carboxylic acids is 8. The summed E-state index contributed by atoms with van der Waals surface area (Å²) in [6.07, 6.45) is 0. The number of rotatable bonds is 40. The highest BCUT2D eigenvalue weighted by Crippen LogP contribution is 2.64. The van der Waals surface area contributed by atoms with E-state index >= 15 is 0 Å². The molecule has 0 fully saturated rings. The van der Waals surface area contributed by atoms with E-state index in [0.29, 0.717) is 13.2 Å². The van der Waals surface area contributed by atoms with Gasteiger partial charge in [-0.15, -0.1) is 0 Å². The number of quaternary nitrogens is 2. The van der Waals surface area contributed by atoms with E-state index in [1.54, 1.807) is 65.6 Å². The van der Waals surface area contributed by atoms with Crippen LogP contribution in [0.2, 0.25) is 0 Å². The Morgan fingerprint density at radius 1 is 0.272 bits per heavy atom. The third-order valence-corrected chi connectivity index (χ3v) is 28.1. The second kappa shape index (κ2) is 42.5. The molecule has 32 heteroatoms. The van der Waals surface area contributed by atoms with Crippen LogP contribution in [-0.4, -0.2) is 269 Å². The molecule has 30 nitrogen and oxygen atoms in total. The number of hydrogen-bond acceptors (Lipinski definition) is 28. The molecule has 0 aromatic rings. The van der Waals surface area contributed by atoms with Crippen molar-refractivity contribution in [3.63, 3.8) is 0 Å². The lowest BCUT2D eigenvalue weighted by molar-refractivity contribution is -0.896. The molecule has 0 aliphatic rings. The van der Waals surface area contributed by atoms with Gasteiger partial charge in [-0.05, 0) is 155 Å². The van der Waals surface area contributed by atoms with Gasteiger partial charge in [0.1, 0.15) is 60.1 Å². The van der Waals surface area contributed by atoms with Crippen molar-refractivity contribution in [3.8, 4) is 0 Å². The monoisotopic (exact) mass is 1680 g/mol. The van der Waals surface area contributed by atoms with Gasteiger partial charge in [0.25, 0.3) is 0 Å². The number of methoxy groups -OCH3 is 4. The Balaban J connectivity index is -0.000000710. The summed E-state index contributed by atoms with van der Waals surface area (Å²) in [7, 11) is 10.4. The topological polar surface area (TPSA) is 368 Å². The summed E-state index contributed by atoms with van der Waals surface area (Å²) < 4.78 is 130. The highest BCUT2D eigenvalue weighted by atomic mass is 32.2. The standard InChI is InChI=1S/2C21H41NO8S.2C20H39NO5/c1-18(2,3)21(8,17(24)29-13-12-28-11)20(6,7)19(4,5)16(23)30-14-22(9,10)15-31(25,26)27;1-18(2,3)21(8,17(24)30-14-22(9,10)15-31(25,26)27)20(6,7)19(4,5)16(23)29-13-12-28-11;1-17(2,3)20(8,16(23)25-13-12-24-11)19(6,7)18(4,5)15(22)26-14-21(9)10;1-17(2,3)20(8,16(23)26-14-21(9)10)19(6,7)18(4,5)15(22)25-13-12-24-11/h2*12-15H2,1-11H3;2*12-14H2,1-11H3. The number of esters is 8. The van der Waals surface area contributed by atoms with Crippen LogP contribution in [0.4, 0.5) is 0 Å². The highest BCUT2D eigenvalue weighted by Gasteiger charge is 2.68. The van der Waals surface area contributed by atoms with Crippen molar-refractivity contribution in [1.82, 2.24) is 9.80 Å². The van der Waals surface area contributed by atoms with E-state index in [0.717, 1.165) is 0 Å². The number of carbonyl (C=O) groups is 8. The van der Waals surface area contributed by atoms with Gasteiger partial charge < -0.3 is 65.9 Å². The lowest BCUT2D eigenvalue weighted by Gasteiger charge is -2.56. The molecule has 0 bridgehead atoms. The molecule has 4 unspecified atom stereocenters. The van der Waals surface area contributed by atoms with Crippen molar-refractivity contribution in [2.24, 2.45) is 86.6 Å². The molecule has 0 aliphatic heterocycles. The normalized spacial score (nSPS) is 15.7. The zero-order valence-corrected chi connectivity index (χ0v) is 80.8. The van der Waals surface area contributed by atoms with Crippen LogP contribution in [0.3, 0.4) is 0 Å². The molecule has 0 saturated heterocycles. The van der Waals surface area contributed by atoms with Gasteiger partial charge in [-0.2, -0.15) is 0 Å². The molecule has 0 aromatic heterocycles. The molecule has 0 saturated carbocycles. The molecule has 4 atom stereocenters. The van der Waals surface area contributed by atoms with Crippen LogP contribution in [0.25, 0.3) is 0 Å². The van der Waals surface area contributed by atoms with E-state index < -0.39 is 143 Å². The quantitative estimate of drug-likeness (QED) is 0.0137. The Kier molecular flexibility index (Phi) is 43.1. The van der Waals surface area contributed by atoms with Crippen LogP contribution in [0.15, 0.2) is 0 Å². The minimum atomic E-state index is -4.51. The average Bonchev–Trinajstić information content (AvgIpc) is 0.738. The summed E-state index contributed by atoms with van der Waals surface area (Å²) in [5.74, 6) is -4.87. The van der Waals surface area contributed by atoms with Crippen molar-refractivity contribution in [3.05, 3.63) is 0 Å². The van der Waals surface area contributed by atoms with Gasteiger partial charge in [-0.25, -0.2) is 16.8 Å². The highest BCUT2D eigenvalue weighted by molar-refractivity contribution is 7.85. The number of hydrogen-bond donors (Lipinski definition) is 0. The van der Waals surface area contributed by atoms with Gasteiger partial charge in [0, 0.05) is 28.4 Å². The van der Waals surface area contributed by atoms with Gasteiger partial charge in [-0.3, -0.25) is 57.1 Å². The zero-order valence-electron chi connectivity index (χ0n) is 79.1. The summed E-state index contributed by atoms with van der Waals surface area (Å²) >= 11 is 0. The third-order valence-electron chi connectivity index (χ3n) is 26.0. The Bertz CT molecular complexity index is 3340. The van der Waals surface area contributed by atoms with Crippen LogP contribution in [-0.2, 0) is 115 Å². The second-order valence-electron chi connectivity index (χ2n) is 40.7. The predicted octanol–water partition coefficient (Wildman–Crippen LogP) is 11.4. The molecular formula is C82H160N4O26S2. The molecule has 0 aliphatic carbocycles. The van der Waals surface area contributed by atoms with Crippen molar-refractivity contribution in [2.75, 3.05) is 176 Å². The fourth-order valence-corrected chi connectivity index (χ4v) is 15.3. The van der Waals surface area contributed by atoms with Gasteiger partial charge >= 0.3 is 47.8 Å². The van der Waals surface area contributed by atoms with Crippen LogP contribution in [0.5, 0.6) is 0 Å². The Labute approximate surface area is 689 Å². The fourth-order valence-electron chi connectivity index (χ4n) is 13.5. The minimum Gasteiger partial charge on any atom is -0.744 e. The van der Waals surface area contributed by atoms with E-state index in [1.165, 1.54) is 42.4 Å². The van der Waals surface area contributed by atoms with Gasteiger partial charge in [0.2, 0.25) is 13.5 Å². The van der Waals surface area contributed by atoms with Crippen LogP contribution in [0.1, 0.15) is 222 Å². The number of nitrogens with zero attached hydrogens (tertiary/aromatic N) is 4. The Morgan fingerprint density at radius 2 is 0.430 bits per heavy atom. The maximum atomic E-state index is 13.5.